The van der Waals surface area contributed by atoms with Gasteiger partial charge in [-0.2, -0.15) is 0 Å². The Balaban J connectivity index is 1.25. The molecule has 174 valence electrons. The molecule has 0 amide bonds. The molecule has 6 rings (SSSR count). The maximum atomic E-state index is 14.3. The van der Waals surface area contributed by atoms with Crippen molar-refractivity contribution < 1.29 is 8.78 Å². The molecule has 3 aromatic heterocycles. The number of imidazole rings is 1. The largest absolute Gasteiger partial charge is 0.342 e. The van der Waals surface area contributed by atoms with Crippen LogP contribution in [0.4, 0.5) is 20.7 Å². The summed E-state index contributed by atoms with van der Waals surface area (Å²) in [6.07, 6.45) is 2.60. The number of hydrogen-bond donors (Lipinski definition) is 0. The topological polar surface area (TPSA) is 72.1 Å². The fraction of sp³-hybridized carbons (Fsp3) is 0.333. The van der Waals surface area contributed by atoms with Gasteiger partial charge in [-0.05, 0) is 24.3 Å². The lowest BCUT2D eigenvalue weighted by Gasteiger charge is -2.27. The number of anilines is 2. The highest BCUT2D eigenvalue weighted by atomic mass is 19.1. The van der Waals surface area contributed by atoms with Gasteiger partial charge in [0.2, 0.25) is 11.9 Å². The predicted molar refractivity (Wildman–Crippen MR) is 125 cm³/mol. The lowest BCUT2D eigenvalue weighted by atomic mass is 10.2. The third-order valence-corrected chi connectivity index (χ3v) is 7.17. The van der Waals surface area contributed by atoms with Gasteiger partial charge in [-0.15, -0.1) is 0 Å². The van der Waals surface area contributed by atoms with Crippen LogP contribution >= 0.6 is 0 Å². The average molecular weight is 463 g/mol. The molecule has 4 aromatic rings. The van der Waals surface area contributed by atoms with Gasteiger partial charge in [0, 0.05) is 69.9 Å². The lowest BCUT2D eigenvalue weighted by Crippen LogP contribution is -2.36. The van der Waals surface area contributed by atoms with Crippen LogP contribution in [0.1, 0.15) is 0 Å². The maximum absolute atomic E-state index is 14.3. The molecule has 2 fully saturated rings. The van der Waals surface area contributed by atoms with E-state index in [4.69, 9.17) is 4.98 Å². The van der Waals surface area contributed by atoms with E-state index in [2.05, 4.69) is 14.9 Å². The second kappa shape index (κ2) is 7.34. The number of aromatic nitrogens is 5. The number of halogens is 2. The van der Waals surface area contributed by atoms with Crippen LogP contribution in [0.15, 0.2) is 47.5 Å². The number of aryl methyl sites for hydroxylation is 1. The molecule has 1 aliphatic carbocycles. The molecule has 0 N–H and O–H groups in total. The van der Waals surface area contributed by atoms with Crippen molar-refractivity contribution in [2.45, 2.75) is 6.04 Å². The van der Waals surface area contributed by atoms with Gasteiger partial charge in [0.25, 0.3) is 5.56 Å². The van der Waals surface area contributed by atoms with Crippen LogP contribution in [0, 0.1) is 23.5 Å². The van der Waals surface area contributed by atoms with E-state index < -0.39 is 5.82 Å². The van der Waals surface area contributed by atoms with Gasteiger partial charge in [0.05, 0.1) is 22.9 Å². The Hall–Kier alpha value is -3.82. The average Bonchev–Trinajstić information content (AvgIpc) is 3.14. The third kappa shape index (κ3) is 3.08. The van der Waals surface area contributed by atoms with Crippen LogP contribution in [0.5, 0.6) is 0 Å². The van der Waals surface area contributed by atoms with E-state index >= 15 is 0 Å². The molecule has 1 saturated heterocycles. The molecule has 0 unspecified atom stereocenters. The lowest BCUT2D eigenvalue weighted by molar-refractivity contribution is 0.623. The van der Waals surface area contributed by atoms with Crippen LogP contribution < -0.4 is 15.4 Å². The Labute approximate surface area is 194 Å². The number of benzene rings is 1. The van der Waals surface area contributed by atoms with Crippen molar-refractivity contribution in [3.63, 3.8) is 0 Å². The molecular weight excluding hydrogens is 440 g/mol. The van der Waals surface area contributed by atoms with Gasteiger partial charge >= 0.3 is 0 Å². The van der Waals surface area contributed by atoms with E-state index in [9.17, 15) is 13.6 Å². The number of piperidine rings is 1. The van der Waals surface area contributed by atoms with Crippen LogP contribution in [0.2, 0.25) is 0 Å². The monoisotopic (exact) mass is 463 g/mol. The Morgan fingerprint density at radius 1 is 1.03 bits per heavy atom. The van der Waals surface area contributed by atoms with Crippen molar-refractivity contribution in [3.05, 3.63) is 64.7 Å². The summed E-state index contributed by atoms with van der Waals surface area (Å²) in [7, 11) is 5.51. The van der Waals surface area contributed by atoms with Crippen molar-refractivity contribution >= 4 is 22.9 Å². The van der Waals surface area contributed by atoms with E-state index in [0.29, 0.717) is 23.5 Å². The minimum Gasteiger partial charge on any atom is -0.342 e. The summed E-state index contributed by atoms with van der Waals surface area (Å²) < 4.78 is 31.4. The Morgan fingerprint density at radius 2 is 1.79 bits per heavy atom. The first-order valence-electron chi connectivity index (χ1n) is 11.1. The summed E-state index contributed by atoms with van der Waals surface area (Å²) in [6, 6.07) is 7.72. The second-order valence-corrected chi connectivity index (χ2v) is 9.13. The fourth-order valence-corrected chi connectivity index (χ4v) is 5.36. The summed E-state index contributed by atoms with van der Waals surface area (Å²) in [5.41, 5.74) is 1.84. The summed E-state index contributed by atoms with van der Waals surface area (Å²) >= 11 is 0. The van der Waals surface area contributed by atoms with Crippen molar-refractivity contribution in [2.75, 3.05) is 29.9 Å². The van der Waals surface area contributed by atoms with Gasteiger partial charge in [0.1, 0.15) is 5.82 Å². The van der Waals surface area contributed by atoms with Crippen molar-refractivity contribution in [3.8, 4) is 11.3 Å². The molecule has 8 nitrogen and oxygen atoms in total. The summed E-state index contributed by atoms with van der Waals surface area (Å²) in [5, 5.41) is 0. The number of fused-ring (bicyclic) bond motifs is 2. The first-order chi connectivity index (χ1) is 16.3. The highest BCUT2D eigenvalue weighted by Gasteiger charge is 2.59. The number of nitrogens with zero attached hydrogens (tertiary/aromatic N) is 7. The van der Waals surface area contributed by atoms with Crippen LogP contribution in [-0.4, -0.2) is 50.3 Å². The van der Waals surface area contributed by atoms with Gasteiger partial charge < -0.3 is 14.4 Å². The van der Waals surface area contributed by atoms with Gasteiger partial charge in [-0.3, -0.25) is 14.3 Å². The standard InChI is InChI=1S/C24H23F2N7O/c1-30-20-8-13(25)4-5-18(20)28-24(30)33-11-15-16(12-33)22(15)32(3)23-29-19(9-21(34)31(23)2)14-6-7-27-10-17(14)26/h4-10,15-16,22H,11-12H2,1-3H3/t15-,16+,22+. The van der Waals surface area contributed by atoms with Gasteiger partial charge in [0.15, 0.2) is 5.82 Å². The first-order valence-corrected chi connectivity index (χ1v) is 11.1. The van der Waals surface area contributed by atoms with Crippen molar-refractivity contribution in [1.82, 2.24) is 24.1 Å². The number of pyridine rings is 1. The summed E-state index contributed by atoms with van der Waals surface area (Å²) in [4.78, 5) is 30.0. The predicted octanol–water partition coefficient (Wildman–Crippen LogP) is 2.58. The third-order valence-electron chi connectivity index (χ3n) is 7.17. The Kier molecular flexibility index (Phi) is 4.48. The molecule has 2 aliphatic rings. The number of hydrogen-bond acceptors (Lipinski definition) is 6. The van der Waals surface area contributed by atoms with E-state index in [1.807, 2.05) is 23.6 Å². The fourth-order valence-electron chi connectivity index (χ4n) is 5.36. The normalized spacial score (nSPS) is 21.2. The van der Waals surface area contributed by atoms with Crippen LogP contribution in [0.25, 0.3) is 22.3 Å². The molecule has 4 heterocycles. The molecular formula is C24H23F2N7O. The Morgan fingerprint density at radius 3 is 2.53 bits per heavy atom. The molecule has 3 atom stereocenters. The molecule has 0 bridgehead atoms. The minimum absolute atomic E-state index is 0.221. The highest BCUT2D eigenvalue weighted by Crippen LogP contribution is 2.50. The SMILES string of the molecule is CN(c1nc(-c2ccncc2F)cc(=O)n1C)[C@H]1[C@@H]2CN(c3nc4ccc(F)cc4n3C)C[C@@H]21. The molecule has 1 aromatic carbocycles. The zero-order valence-corrected chi connectivity index (χ0v) is 19.0. The molecule has 34 heavy (non-hydrogen) atoms. The molecule has 0 radical (unpaired) electrons. The van der Waals surface area contributed by atoms with E-state index in [-0.39, 0.29) is 23.0 Å². The van der Waals surface area contributed by atoms with Crippen LogP contribution in [-0.2, 0) is 14.1 Å². The van der Waals surface area contributed by atoms with E-state index in [1.54, 1.807) is 13.1 Å². The molecule has 1 saturated carbocycles. The van der Waals surface area contributed by atoms with E-state index in [1.165, 1.54) is 35.0 Å². The minimum atomic E-state index is -0.516. The quantitative estimate of drug-likeness (QED) is 0.463. The first kappa shape index (κ1) is 20.8. The molecule has 10 heteroatoms. The van der Waals surface area contributed by atoms with Gasteiger partial charge in [-0.25, -0.2) is 18.7 Å². The molecule has 0 spiro atoms. The zero-order chi connectivity index (χ0) is 23.7. The maximum Gasteiger partial charge on any atom is 0.255 e. The highest BCUT2D eigenvalue weighted by molar-refractivity contribution is 5.79. The van der Waals surface area contributed by atoms with Crippen molar-refractivity contribution in [2.24, 2.45) is 25.9 Å². The molecule has 1 aliphatic heterocycles. The summed E-state index contributed by atoms with van der Waals surface area (Å²) in [5.74, 6) is 1.32. The van der Waals surface area contributed by atoms with Crippen molar-refractivity contribution in [1.29, 1.82) is 0 Å². The summed E-state index contributed by atoms with van der Waals surface area (Å²) in [6.45, 7) is 1.62. The Bertz CT molecular complexity index is 1480. The second-order valence-electron chi connectivity index (χ2n) is 9.13. The zero-order valence-electron chi connectivity index (χ0n) is 19.0. The number of rotatable bonds is 4. The van der Waals surface area contributed by atoms with E-state index in [0.717, 1.165) is 36.3 Å². The smallest absolute Gasteiger partial charge is 0.255 e. The van der Waals surface area contributed by atoms with Crippen LogP contribution in [0.3, 0.4) is 0 Å². The van der Waals surface area contributed by atoms with Gasteiger partial charge in [-0.1, -0.05) is 0 Å².